The molecule has 19 heavy (non-hydrogen) atoms. The fourth-order valence-electron chi connectivity index (χ4n) is 1.78. The highest BCUT2D eigenvalue weighted by Crippen LogP contribution is 2.13. The van der Waals surface area contributed by atoms with Crippen molar-refractivity contribution in [2.75, 3.05) is 6.61 Å². The summed E-state index contributed by atoms with van der Waals surface area (Å²) in [5.74, 6) is 0. The zero-order valence-corrected chi connectivity index (χ0v) is 16.5. The van der Waals surface area contributed by atoms with Crippen LogP contribution in [0.3, 0.4) is 0 Å². The van der Waals surface area contributed by atoms with Crippen LogP contribution in [-0.4, -0.2) is 28.0 Å². The predicted octanol–water partition coefficient (Wildman–Crippen LogP) is 5.40. The lowest BCUT2D eigenvalue weighted by Gasteiger charge is -2.21. The molecule has 0 fully saturated rings. The van der Waals surface area contributed by atoms with Gasteiger partial charge in [-0.15, -0.1) is 0 Å². The van der Waals surface area contributed by atoms with Gasteiger partial charge in [-0.05, 0) is 44.7 Å². The van der Waals surface area contributed by atoms with Gasteiger partial charge in [0.2, 0.25) is 0 Å². The molecule has 0 atom stereocenters. The van der Waals surface area contributed by atoms with Gasteiger partial charge >= 0.3 is 0 Å². The lowest BCUT2D eigenvalue weighted by Crippen LogP contribution is -2.30. The highest BCUT2D eigenvalue weighted by atomic mass is 28.4. The quantitative estimate of drug-likeness (QED) is 0.456. The first-order valence-corrected chi connectivity index (χ1v) is 14.3. The van der Waals surface area contributed by atoms with Gasteiger partial charge in [0.1, 0.15) is 0 Å². The molecule has 0 saturated heterocycles. The van der Waals surface area contributed by atoms with Crippen molar-refractivity contribution in [2.24, 2.45) is 0 Å². The van der Waals surface area contributed by atoms with E-state index < -0.39 is 16.6 Å². The Kier molecular flexibility index (Phi) is 13.8. The van der Waals surface area contributed by atoms with E-state index in [0.29, 0.717) is 0 Å². The van der Waals surface area contributed by atoms with Crippen molar-refractivity contribution in [2.45, 2.75) is 91.2 Å². The SMILES string of the molecule is CCCCO[Si](C)(C)CCC.CCCC[Si](C)(C)O. The van der Waals surface area contributed by atoms with Crippen molar-refractivity contribution in [3.05, 3.63) is 0 Å². The Labute approximate surface area is 124 Å². The molecule has 0 amide bonds. The molecular weight excluding hydrogens is 268 g/mol. The Bertz CT molecular complexity index is 189. The summed E-state index contributed by atoms with van der Waals surface area (Å²) in [5.41, 5.74) is 0. The van der Waals surface area contributed by atoms with E-state index in [4.69, 9.17) is 4.43 Å². The van der Waals surface area contributed by atoms with Gasteiger partial charge in [0.15, 0.2) is 16.6 Å². The van der Waals surface area contributed by atoms with E-state index in [2.05, 4.69) is 33.9 Å². The van der Waals surface area contributed by atoms with Crippen LogP contribution in [-0.2, 0) is 4.43 Å². The van der Waals surface area contributed by atoms with Crippen LogP contribution < -0.4 is 0 Å². The first-order valence-electron chi connectivity index (χ1n) is 8.04. The summed E-state index contributed by atoms with van der Waals surface area (Å²) >= 11 is 0. The van der Waals surface area contributed by atoms with Crippen molar-refractivity contribution in [1.29, 1.82) is 0 Å². The summed E-state index contributed by atoms with van der Waals surface area (Å²) in [6.07, 6.45) is 6.13. The molecule has 0 aliphatic carbocycles. The molecule has 1 N–H and O–H groups in total. The second-order valence-corrected chi connectivity index (χ2v) is 15.1. The van der Waals surface area contributed by atoms with Crippen molar-refractivity contribution in [3.63, 3.8) is 0 Å². The average molecular weight is 307 g/mol. The zero-order valence-electron chi connectivity index (χ0n) is 14.5. The smallest absolute Gasteiger partial charge is 0.186 e. The van der Waals surface area contributed by atoms with Gasteiger partial charge in [0.05, 0.1) is 0 Å². The summed E-state index contributed by atoms with van der Waals surface area (Å²) < 4.78 is 5.85. The first-order chi connectivity index (χ1) is 8.68. The van der Waals surface area contributed by atoms with Crippen LogP contribution in [0.2, 0.25) is 38.3 Å². The third-order valence-corrected chi connectivity index (χ3v) is 7.25. The molecule has 0 unspecified atom stereocenters. The highest BCUT2D eigenvalue weighted by molar-refractivity contribution is 6.71. The van der Waals surface area contributed by atoms with E-state index in [-0.39, 0.29) is 0 Å². The van der Waals surface area contributed by atoms with E-state index in [9.17, 15) is 4.80 Å². The van der Waals surface area contributed by atoms with E-state index >= 15 is 0 Å². The van der Waals surface area contributed by atoms with Gasteiger partial charge in [0, 0.05) is 6.61 Å². The molecule has 0 saturated carbocycles. The second kappa shape index (κ2) is 12.1. The molecule has 0 heterocycles. The van der Waals surface area contributed by atoms with Gasteiger partial charge in [-0.1, -0.05) is 46.5 Å². The second-order valence-electron chi connectivity index (χ2n) is 6.63. The maximum absolute atomic E-state index is 9.29. The third-order valence-electron chi connectivity index (χ3n) is 2.98. The van der Waals surface area contributed by atoms with Crippen LogP contribution >= 0.6 is 0 Å². The first kappa shape index (κ1) is 21.6. The summed E-state index contributed by atoms with van der Waals surface area (Å²) in [7, 11) is -2.92. The van der Waals surface area contributed by atoms with E-state index in [1.807, 2.05) is 13.1 Å². The Morgan fingerprint density at radius 1 is 0.789 bits per heavy atom. The molecule has 0 aliphatic heterocycles. The molecule has 0 radical (unpaired) electrons. The van der Waals surface area contributed by atoms with Crippen molar-refractivity contribution in [3.8, 4) is 0 Å². The minimum Gasteiger partial charge on any atom is -0.432 e. The zero-order chi connectivity index (χ0) is 15.4. The largest absolute Gasteiger partial charge is 0.432 e. The van der Waals surface area contributed by atoms with Crippen molar-refractivity contribution in [1.82, 2.24) is 0 Å². The summed E-state index contributed by atoms with van der Waals surface area (Å²) in [5, 5.41) is 0. The van der Waals surface area contributed by atoms with Crippen LogP contribution in [0.1, 0.15) is 52.9 Å². The normalized spacial score (nSPS) is 12.0. The molecule has 0 aromatic carbocycles. The number of hydrogen-bond acceptors (Lipinski definition) is 2. The maximum atomic E-state index is 9.29. The molecule has 0 bridgehead atoms. The third kappa shape index (κ3) is 20.8. The number of unbranched alkanes of at least 4 members (excludes halogenated alkanes) is 2. The Hall–Kier alpha value is 0.354. The van der Waals surface area contributed by atoms with Gasteiger partial charge in [-0.2, -0.15) is 0 Å². The number of hydrogen-bond donors (Lipinski definition) is 1. The summed E-state index contributed by atoms with van der Waals surface area (Å²) in [6, 6.07) is 2.36. The molecule has 0 aliphatic rings. The molecule has 0 spiro atoms. The van der Waals surface area contributed by atoms with Crippen molar-refractivity contribution >= 4 is 16.6 Å². The fraction of sp³-hybridized carbons (Fsp3) is 1.00. The predicted molar refractivity (Wildman–Crippen MR) is 92.9 cm³/mol. The lowest BCUT2D eigenvalue weighted by molar-refractivity contribution is 0.298. The van der Waals surface area contributed by atoms with Crippen LogP contribution in [0, 0.1) is 0 Å². The molecule has 118 valence electrons. The monoisotopic (exact) mass is 306 g/mol. The topological polar surface area (TPSA) is 29.5 Å². The van der Waals surface area contributed by atoms with E-state index in [0.717, 1.165) is 12.7 Å². The molecule has 2 nitrogen and oxygen atoms in total. The van der Waals surface area contributed by atoms with Gasteiger partial charge in [-0.25, -0.2) is 0 Å². The average Bonchev–Trinajstić information content (AvgIpc) is 2.26. The maximum Gasteiger partial charge on any atom is 0.186 e. The molecule has 0 aromatic heterocycles. The van der Waals surface area contributed by atoms with Crippen LogP contribution in [0.5, 0.6) is 0 Å². The standard InChI is InChI=1S/C9H22OSi.C6H16OSi/c1-5-7-8-10-11(3,4)9-6-2;1-4-5-6-8(2,3)7/h5-9H2,1-4H3;7H,4-6H2,1-3H3. The van der Waals surface area contributed by atoms with E-state index in [1.54, 1.807) is 0 Å². The Morgan fingerprint density at radius 2 is 1.32 bits per heavy atom. The minimum absolute atomic E-state index is 0.982. The van der Waals surface area contributed by atoms with Gasteiger partial charge in [-0.3, -0.25) is 0 Å². The Morgan fingerprint density at radius 3 is 1.63 bits per heavy atom. The fourth-order valence-corrected chi connectivity index (χ4v) is 5.04. The van der Waals surface area contributed by atoms with Gasteiger partial charge in [0.25, 0.3) is 0 Å². The van der Waals surface area contributed by atoms with E-state index in [1.165, 1.54) is 38.1 Å². The van der Waals surface area contributed by atoms with Crippen molar-refractivity contribution < 1.29 is 9.22 Å². The molecule has 4 heteroatoms. The van der Waals surface area contributed by atoms with Crippen LogP contribution in [0.15, 0.2) is 0 Å². The molecular formula is C15H38O2Si2. The minimum atomic E-state index is -1.68. The van der Waals surface area contributed by atoms with Gasteiger partial charge < -0.3 is 9.22 Å². The lowest BCUT2D eigenvalue weighted by atomic mass is 10.4. The number of rotatable bonds is 9. The summed E-state index contributed by atoms with van der Waals surface area (Å²) in [6.45, 7) is 16.2. The molecule has 0 aromatic rings. The highest BCUT2D eigenvalue weighted by Gasteiger charge is 2.19. The van der Waals surface area contributed by atoms with Crippen LogP contribution in [0.25, 0.3) is 0 Å². The van der Waals surface area contributed by atoms with Crippen LogP contribution in [0.4, 0.5) is 0 Å². The molecule has 0 rings (SSSR count). The summed E-state index contributed by atoms with van der Waals surface area (Å²) in [4.78, 5) is 9.29. The Balaban J connectivity index is 0.